The van der Waals surface area contributed by atoms with Crippen LogP contribution in [0.4, 0.5) is 4.79 Å². The van der Waals surface area contributed by atoms with Crippen molar-refractivity contribution in [1.29, 1.82) is 0 Å². The first-order valence-corrected chi connectivity index (χ1v) is 14.5. The van der Waals surface area contributed by atoms with Crippen molar-refractivity contribution in [3.05, 3.63) is 65.7 Å². The number of rotatable bonds is 13. The van der Waals surface area contributed by atoms with Crippen molar-refractivity contribution in [3.63, 3.8) is 0 Å². The standard InChI is InChI=1S/C29H42N2O6S/c1-22(2)20-31(38(34,35)25-17-15-23(3)16-18-25)26(27(32)37-29(4,5)6)14-10-11-19-30-28(33)36-21-24-12-8-7-9-13-24/h7-9,12-13,15-18,22,26H,10-11,14,19-21H2,1-6H3,(H,30,33)/t26-/m0/s1. The van der Waals surface area contributed by atoms with Gasteiger partial charge in [0.15, 0.2) is 0 Å². The average Bonchev–Trinajstić information content (AvgIpc) is 2.83. The van der Waals surface area contributed by atoms with Crippen LogP contribution in [-0.4, -0.2) is 49.5 Å². The molecular formula is C29H42N2O6S. The number of esters is 1. The number of amides is 1. The van der Waals surface area contributed by atoms with Crippen molar-refractivity contribution in [1.82, 2.24) is 9.62 Å². The van der Waals surface area contributed by atoms with Gasteiger partial charge in [-0.3, -0.25) is 4.79 Å². The predicted molar refractivity (Wildman–Crippen MR) is 148 cm³/mol. The minimum atomic E-state index is -3.96. The van der Waals surface area contributed by atoms with Gasteiger partial charge in [0.2, 0.25) is 10.0 Å². The summed E-state index contributed by atoms with van der Waals surface area (Å²) in [5, 5.41) is 2.71. The number of hydrogen-bond donors (Lipinski definition) is 1. The molecule has 0 spiro atoms. The highest BCUT2D eigenvalue weighted by molar-refractivity contribution is 7.89. The van der Waals surface area contributed by atoms with E-state index in [1.165, 1.54) is 4.31 Å². The molecular weight excluding hydrogens is 504 g/mol. The smallest absolute Gasteiger partial charge is 0.407 e. The van der Waals surface area contributed by atoms with Crippen molar-refractivity contribution in [2.45, 2.75) is 84.0 Å². The molecule has 2 rings (SSSR count). The third-order valence-corrected chi connectivity index (χ3v) is 7.47. The highest BCUT2D eigenvalue weighted by Crippen LogP contribution is 2.25. The molecule has 210 valence electrons. The minimum Gasteiger partial charge on any atom is -0.459 e. The van der Waals surface area contributed by atoms with E-state index in [-0.39, 0.29) is 30.4 Å². The molecule has 0 bridgehead atoms. The second kappa shape index (κ2) is 14.3. The van der Waals surface area contributed by atoms with Crippen LogP contribution in [-0.2, 0) is 30.9 Å². The summed E-state index contributed by atoms with van der Waals surface area (Å²) >= 11 is 0. The maximum atomic E-state index is 13.7. The Kier molecular flexibility index (Phi) is 11.8. The van der Waals surface area contributed by atoms with Gasteiger partial charge in [0.25, 0.3) is 0 Å². The lowest BCUT2D eigenvalue weighted by molar-refractivity contribution is -0.160. The van der Waals surface area contributed by atoms with Gasteiger partial charge in [0, 0.05) is 13.1 Å². The van der Waals surface area contributed by atoms with Gasteiger partial charge in [-0.05, 0) is 70.6 Å². The fraction of sp³-hybridized carbons (Fsp3) is 0.517. The van der Waals surface area contributed by atoms with Gasteiger partial charge in [-0.15, -0.1) is 0 Å². The van der Waals surface area contributed by atoms with E-state index in [1.54, 1.807) is 45.0 Å². The molecule has 0 aliphatic rings. The zero-order valence-electron chi connectivity index (χ0n) is 23.4. The molecule has 0 saturated carbocycles. The van der Waals surface area contributed by atoms with Crippen molar-refractivity contribution in [3.8, 4) is 0 Å². The van der Waals surface area contributed by atoms with Crippen molar-refractivity contribution >= 4 is 22.1 Å². The molecule has 1 N–H and O–H groups in total. The number of ether oxygens (including phenoxy) is 2. The number of aryl methyl sites for hydroxylation is 1. The van der Waals surface area contributed by atoms with E-state index in [2.05, 4.69) is 5.32 Å². The largest absolute Gasteiger partial charge is 0.459 e. The van der Waals surface area contributed by atoms with E-state index in [0.29, 0.717) is 19.4 Å². The average molecular weight is 547 g/mol. The van der Waals surface area contributed by atoms with Gasteiger partial charge < -0.3 is 14.8 Å². The Bertz CT molecular complexity index is 1130. The number of nitrogens with zero attached hydrogens (tertiary/aromatic N) is 1. The third-order valence-electron chi connectivity index (χ3n) is 5.59. The number of benzene rings is 2. The number of unbranched alkanes of at least 4 members (excludes halogenated alkanes) is 1. The highest BCUT2D eigenvalue weighted by atomic mass is 32.2. The maximum Gasteiger partial charge on any atom is 0.407 e. The summed E-state index contributed by atoms with van der Waals surface area (Å²) in [6, 6.07) is 15.0. The van der Waals surface area contributed by atoms with E-state index in [1.807, 2.05) is 51.1 Å². The molecule has 0 saturated heterocycles. The van der Waals surface area contributed by atoms with Crippen LogP contribution >= 0.6 is 0 Å². The van der Waals surface area contributed by atoms with Crippen LogP contribution in [0.1, 0.15) is 65.0 Å². The molecule has 0 radical (unpaired) electrons. The third kappa shape index (κ3) is 10.5. The number of carbonyl (C=O) groups is 2. The molecule has 2 aromatic rings. The molecule has 0 aliphatic heterocycles. The Labute approximate surface area is 227 Å². The summed E-state index contributed by atoms with van der Waals surface area (Å²) in [5.74, 6) is -0.592. The molecule has 0 aromatic heterocycles. The van der Waals surface area contributed by atoms with Gasteiger partial charge in [-0.2, -0.15) is 4.31 Å². The zero-order chi connectivity index (χ0) is 28.3. The SMILES string of the molecule is Cc1ccc(S(=O)(=O)N(CC(C)C)[C@@H](CCCCNC(=O)OCc2ccccc2)C(=O)OC(C)(C)C)cc1. The van der Waals surface area contributed by atoms with Crippen LogP contribution in [0.2, 0.25) is 0 Å². The van der Waals surface area contributed by atoms with Crippen LogP contribution in [0, 0.1) is 12.8 Å². The fourth-order valence-corrected chi connectivity index (χ4v) is 5.55. The van der Waals surface area contributed by atoms with Crippen LogP contribution in [0.25, 0.3) is 0 Å². The quantitative estimate of drug-likeness (QED) is 0.265. The second-order valence-electron chi connectivity index (χ2n) is 10.8. The summed E-state index contributed by atoms with van der Waals surface area (Å²) in [4.78, 5) is 25.5. The summed E-state index contributed by atoms with van der Waals surface area (Å²) in [6.45, 7) is 11.7. The van der Waals surface area contributed by atoms with Gasteiger partial charge in [0.05, 0.1) is 4.90 Å². The van der Waals surface area contributed by atoms with Crippen LogP contribution in [0.3, 0.4) is 0 Å². The molecule has 0 aliphatic carbocycles. The van der Waals surface area contributed by atoms with E-state index < -0.39 is 33.7 Å². The molecule has 1 amide bonds. The first-order valence-electron chi connectivity index (χ1n) is 13.1. The number of alkyl carbamates (subject to hydrolysis) is 1. The van der Waals surface area contributed by atoms with Crippen LogP contribution in [0.15, 0.2) is 59.5 Å². The van der Waals surface area contributed by atoms with E-state index in [4.69, 9.17) is 9.47 Å². The Balaban J connectivity index is 2.09. The van der Waals surface area contributed by atoms with E-state index >= 15 is 0 Å². The number of sulfonamides is 1. The number of carbonyl (C=O) groups excluding carboxylic acids is 2. The van der Waals surface area contributed by atoms with Gasteiger partial charge in [-0.1, -0.05) is 61.9 Å². The Morgan fingerprint density at radius 2 is 1.61 bits per heavy atom. The maximum absolute atomic E-state index is 13.7. The molecule has 38 heavy (non-hydrogen) atoms. The lowest BCUT2D eigenvalue weighted by Gasteiger charge is -2.33. The van der Waals surface area contributed by atoms with E-state index in [9.17, 15) is 18.0 Å². The summed E-state index contributed by atoms with van der Waals surface area (Å²) in [7, 11) is -3.96. The number of hydrogen-bond acceptors (Lipinski definition) is 6. The Morgan fingerprint density at radius 3 is 2.18 bits per heavy atom. The monoisotopic (exact) mass is 546 g/mol. The minimum absolute atomic E-state index is 0.0128. The first kappa shape index (κ1) is 31.3. The predicted octanol–water partition coefficient (Wildman–Crippen LogP) is 5.45. The summed E-state index contributed by atoms with van der Waals surface area (Å²) in [5.41, 5.74) is 1.07. The highest BCUT2D eigenvalue weighted by Gasteiger charge is 2.38. The Morgan fingerprint density at radius 1 is 0.974 bits per heavy atom. The molecule has 1 atom stereocenters. The molecule has 8 nitrogen and oxygen atoms in total. The van der Waals surface area contributed by atoms with Crippen molar-refractivity contribution in [2.24, 2.45) is 5.92 Å². The number of nitrogens with one attached hydrogen (secondary N) is 1. The van der Waals surface area contributed by atoms with E-state index in [0.717, 1.165) is 11.1 Å². The lowest BCUT2D eigenvalue weighted by Crippen LogP contribution is -2.48. The molecule has 0 heterocycles. The normalized spacial score (nSPS) is 12.8. The molecule has 0 unspecified atom stereocenters. The van der Waals surface area contributed by atoms with Gasteiger partial charge >= 0.3 is 12.1 Å². The summed E-state index contributed by atoms with van der Waals surface area (Å²) in [6.07, 6.45) is 0.773. The summed E-state index contributed by atoms with van der Waals surface area (Å²) < 4.78 is 39.5. The first-order chi connectivity index (χ1) is 17.8. The van der Waals surface area contributed by atoms with Crippen molar-refractivity contribution < 1.29 is 27.5 Å². The Hall–Kier alpha value is -2.91. The van der Waals surface area contributed by atoms with Crippen LogP contribution in [0.5, 0.6) is 0 Å². The van der Waals surface area contributed by atoms with Crippen LogP contribution < -0.4 is 5.32 Å². The van der Waals surface area contributed by atoms with Crippen molar-refractivity contribution in [2.75, 3.05) is 13.1 Å². The fourth-order valence-electron chi connectivity index (χ4n) is 3.77. The molecule has 0 fully saturated rings. The molecule has 9 heteroatoms. The van der Waals surface area contributed by atoms with Gasteiger partial charge in [0.1, 0.15) is 18.2 Å². The molecule has 2 aromatic carbocycles. The van der Waals surface area contributed by atoms with Gasteiger partial charge in [-0.25, -0.2) is 13.2 Å². The lowest BCUT2D eigenvalue weighted by atomic mass is 10.1. The second-order valence-corrected chi connectivity index (χ2v) is 12.7. The zero-order valence-corrected chi connectivity index (χ0v) is 24.2. The topological polar surface area (TPSA) is 102 Å².